The Kier molecular flexibility index (Phi) is 4.43. The molecule has 3 rings (SSSR count). The largest absolute Gasteiger partial charge is 0.444 e. The number of amides is 4. The topological polar surface area (TPSA) is 82.2 Å². The average molecular weight is 352 g/mol. The number of piperazine rings is 1. The number of carbonyl (C=O) groups is 3. The Bertz CT molecular complexity index is 576. The van der Waals surface area contributed by atoms with Gasteiger partial charge in [0.05, 0.1) is 6.67 Å². The number of imide groups is 1. The third-order valence-corrected chi connectivity index (χ3v) is 5.06. The zero-order valence-electron chi connectivity index (χ0n) is 15.5. The molecular weight excluding hydrogens is 324 g/mol. The quantitative estimate of drug-likeness (QED) is 0.772. The molecule has 2 heterocycles. The van der Waals surface area contributed by atoms with E-state index in [1.807, 2.05) is 32.6 Å². The monoisotopic (exact) mass is 352 g/mol. The molecule has 0 bridgehead atoms. The first kappa shape index (κ1) is 18.0. The summed E-state index contributed by atoms with van der Waals surface area (Å²) >= 11 is 0. The maximum absolute atomic E-state index is 12.7. The first-order chi connectivity index (χ1) is 11.6. The van der Waals surface area contributed by atoms with Gasteiger partial charge >= 0.3 is 12.1 Å². The second kappa shape index (κ2) is 6.16. The molecule has 1 atom stereocenters. The van der Waals surface area contributed by atoms with E-state index in [2.05, 4.69) is 5.32 Å². The van der Waals surface area contributed by atoms with Crippen molar-refractivity contribution in [3.8, 4) is 0 Å². The van der Waals surface area contributed by atoms with Crippen LogP contribution in [0.2, 0.25) is 0 Å². The predicted molar refractivity (Wildman–Crippen MR) is 90.8 cm³/mol. The zero-order chi connectivity index (χ0) is 18.4. The molecule has 1 aliphatic carbocycles. The Morgan fingerprint density at radius 2 is 1.80 bits per heavy atom. The van der Waals surface area contributed by atoms with Crippen LogP contribution in [0, 0.1) is 5.92 Å². The normalized spacial score (nSPS) is 28.3. The first-order valence-electron chi connectivity index (χ1n) is 8.94. The molecule has 2 saturated heterocycles. The minimum atomic E-state index is -0.741. The summed E-state index contributed by atoms with van der Waals surface area (Å²) < 4.78 is 5.38. The van der Waals surface area contributed by atoms with Gasteiger partial charge in [-0.1, -0.05) is 0 Å². The molecule has 0 aromatic heterocycles. The molecule has 140 valence electrons. The summed E-state index contributed by atoms with van der Waals surface area (Å²) in [5.41, 5.74) is -1.25. The highest BCUT2D eigenvalue weighted by Crippen LogP contribution is 2.42. The minimum Gasteiger partial charge on any atom is -0.444 e. The summed E-state index contributed by atoms with van der Waals surface area (Å²) in [5.74, 6) is 0.132. The second-order valence-corrected chi connectivity index (χ2v) is 8.37. The fourth-order valence-electron chi connectivity index (χ4n) is 3.38. The van der Waals surface area contributed by atoms with E-state index in [9.17, 15) is 14.4 Å². The van der Waals surface area contributed by atoms with Crippen molar-refractivity contribution in [2.45, 2.75) is 51.7 Å². The predicted octanol–water partition coefficient (Wildman–Crippen LogP) is 1.22. The fraction of sp³-hybridized carbons (Fsp3) is 0.824. The Morgan fingerprint density at radius 1 is 1.20 bits per heavy atom. The van der Waals surface area contributed by atoms with Gasteiger partial charge in [-0.3, -0.25) is 9.69 Å². The molecule has 25 heavy (non-hydrogen) atoms. The van der Waals surface area contributed by atoms with E-state index in [1.54, 1.807) is 4.90 Å². The van der Waals surface area contributed by atoms with E-state index in [0.29, 0.717) is 26.2 Å². The van der Waals surface area contributed by atoms with Gasteiger partial charge in [0.25, 0.3) is 5.91 Å². The maximum Gasteiger partial charge on any atom is 0.410 e. The van der Waals surface area contributed by atoms with Gasteiger partial charge in [-0.2, -0.15) is 0 Å². The van der Waals surface area contributed by atoms with Gasteiger partial charge in [-0.25, -0.2) is 14.5 Å². The van der Waals surface area contributed by atoms with Crippen LogP contribution in [0.5, 0.6) is 0 Å². The highest BCUT2D eigenvalue weighted by molar-refractivity contribution is 6.07. The highest BCUT2D eigenvalue weighted by Gasteiger charge is 2.56. The number of hydrogen-bond acceptors (Lipinski definition) is 5. The highest BCUT2D eigenvalue weighted by atomic mass is 16.6. The number of nitrogens with one attached hydrogen (secondary N) is 1. The number of ether oxygens (including phenoxy) is 1. The van der Waals surface area contributed by atoms with Crippen molar-refractivity contribution in [3.05, 3.63) is 0 Å². The van der Waals surface area contributed by atoms with Crippen LogP contribution in [0.15, 0.2) is 0 Å². The Balaban J connectivity index is 1.52. The molecule has 8 heteroatoms. The SMILES string of the molecule is CC(C)(C)OC(=O)N1CCN(CN2C(=O)N[C@](C)(C3CC3)C2=O)CC1. The lowest BCUT2D eigenvalue weighted by molar-refractivity contribution is -0.133. The lowest BCUT2D eigenvalue weighted by Gasteiger charge is -2.36. The van der Waals surface area contributed by atoms with Crippen molar-refractivity contribution >= 4 is 18.0 Å². The number of nitrogens with zero attached hydrogens (tertiary/aromatic N) is 3. The summed E-state index contributed by atoms with van der Waals surface area (Å²) in [6, 6.07) is -0.311. The van der Waals surface area contributed by atoms with Crippen LogP contribution in [0.3, 0.4) is 0 Å². The van der Waals surface area contributed by atoms with E-state index in [0.717, 1.165) is 12.8 Å². The summed E-state index contributed by atoms with van der Waals surface area (Å²) in [6.07, 6.45) is 1.67. The summed E-state index contributed by atoms with van der Waals surface area (Å²) in [4.78, 5) is 42.0. The van der Waals surface area contributed by atoms with E-state index in [1.165, 1.54) is 4.90 Å². The van der Waals surface area contributed by atoms with Crippen molar-refractivity contribution in [1.29, 1.82) is 0 Å². The summed E-state index contributed by atoms with van der Waals surface area (Å²) in [7, 11) is 0. The van der Waals surface area contributed by atoms with Gasteiger partial charge in [0.1, 0.15) is 11.1 Å². The number of hydrogen-bond donors (Lipinski definition) is 1. The van der Waals surface area contributed by atoms with E-state index >= 15 is 0 Å². The maximum atomic E-state index is 12.7. The number of rotatable bonds is 3. The third-order valence-electron chi connectivity index (χ3n) is 5.06. The molecule has 0 aromatic rings. The fourth-order valence-corrected chi connectivity index (χ4v) is 3.38. The zero-order valence-corrected chi connectivity index (χ0v) is 15.5. The third kappa shape index (κ3) is 3.73. The molecule has 0 spiro atoms. The standard InChI is InChI=1S/C17H28N4O4/c1-16(2,3)25-15(24)20-9-7-19(8-10-20)11-21-13(22)17(4,12-5-6-12)18-14(21)23/h12H,5-11H2,1-4H3,(H,18,23)/t17-/m1/s1. The van der Waals surface area contributed by atoms with Crippen molar-refractivity contribution in [3.63, 3.8) is 0 Å². The molecule has 0 radical (unpaired) electrons. The number of carbonyl (C=O) groups excluding carboxylic acids is 3. The lowest BCUT2D eigenvalue weighted by atomic mass is 9.96. The first-order valence-corrected chi connectivity index (χ1v) is 8.94. The average Bonchev–Trinajstić information content (AvgIpc) is 3.32. The Morgan fingerprint density at radius 3 is 2.32 bits per heavy atom. The number of urea groups is 1. The van der Waals surface area contributed by atoms with E-state index in [-0.39, 0.29) is 30.6 Å². The summed E-state index contributed by atoms with van der Waals surface area (Å²) in [5, 5.41) is 2.86. The minimum absolute atomic E-state index is 0.130. The van der Waals surface area contributed by atoms with E-state index < -0.39 is 11.1 Å². The molecule has 0 unspecified atom stereocenters. The second-order valence-electron chi connectivity index (χ2n) is 8.37. The smallest absolute Gasteiger partial charge is 0.410 e. The van der Waals surface area contributed by atoms with Crippen LogP contribution < -0.4 is 5.32 Å². The van der Waals surface area contributed by atoms with Crippen molar-refractivity contribution in [1.82, 2.24) is 20.0 Å². The molecule has 3 aliphatic rings. The van der Waals surface area contributed by atoms with Gasteiger partial charge in [-0.05, 0) is 46.5 Å². The van der Waals surface area contributed by atoms with E-state index in [4.69, 9.17) is 4.74 Å². The lowest BCUT2D eigenvalue weighted by Crippen LogP contribution is -2.53. The molecular formula is C17H28N4O4. The van der Waals surface area contributed by atoms with Crippen LogP contribution in [-0.2, 0) is 9.53 Å². The Labute approximate surface area is 148 Å². The van der Waals surface area contributed by atoms with Gasteiger partial charge in [-0.15, -0.1) is 0 Å². The van der Waals surface area contributed by atoms with Crippen LogP contribution in [-0.4, -0.2) is 76.7 Å². The molecule has 8 nitrogen and oxygen atoms in total. The van der Waals surface area contributed by atoms with Crippen molar-refractivity contribution in [2.24, 2.45) is 5.92 Å². The van der Waals surface area contributed by atoms with Crippen molar-refractivity contribution < 1.29 is 19.1 Å². The van der Waals surface area contributed by atoms with Crippen LogP contribution in [0.4, 0.5) is 9.59 Å². The molecule has 4 amide bonds. The van der Waals surface area contributed by atoms with Gasteiger partial charge in [0.2, 0.25) is 0 Å². The van der Waals surface area contributed by atoms with Crippen LogP contribution >= 0.6 is 0 Å². The van der Waals surface area contributed by atoms with Crippen molar-refractivity contribution in [2.75, 3.05) is 32.8 Å². The molecule has 1 N–H and O–H groups in total. The molecule has 2 aliphatic heterocycles. The van der Waals surface area contributed by atoms with Crippen LogP contribution in [0.25, 0.3) is 0 Å². The Hall–Kier alpha value is -1.83. The molecule has 3 fully saturated rings. The van der Waals surface area contributed by atoms with Gasteiger partial charge < -0.3 is 15.0 Å². The summed E-state index contributed by atoms with van der Waals surface area (Å²) in [6.45, 7) is 9.89. The molecule has 1 saturated carbocycles. The van der Waals surface area contributed by atoms with Crippen LogP contribution in [0.1, 0.15) is 40.5 Å². The van der Waals surface area contributed by atoms with Gasteiger partial charge in [0.15, 0.2) is 0 Å². The van der Waals surface area contributed by atoms with Gasteiger partial charge in [0, 0.05) is 26.2 Å². The molecule has 0 aromatic carbocycles.